The molecule has 1 aromatic rings. The molecule has 6 nitrogen and oxygen atoms in total. The fraction of sp³-hybridized carbons (Fsp3) is 0.714. The highest BCUT2D eigenvalue weighted by molar-refractivity contribution is 5.76. The van der Waals surface area contributed by atoms with Gasteiger partial charge in [-0.1, -0.05) is 5.16 Å². The second-order valence-electron chi connectivity index (χ2n) is 5.35. The third-order valence-electron chi connectivity index (χ3n) is 3.88. The standard InChI is InChI=1S/C14H24N4O2/c1-11-13(12(2)20-16-11)10-17-6-8-18(9-7-17)14(19)4-3-5-15/h3-10,15H2,1-2H3. The summed E-state index contributed by atoms with van der Waals surface area (Å²) in [5.74, 6) is 1.12. The van der Waals surface area contributed by atoms with Crippen molar-refractivity contribution in [3.05, 3.63) is 17.0 Å². The summed E-state index contributed by atoms with van der Waals surface area (Å²) in [6.45, 7) is 8.75. The number of piperazine rings is 1. The molecule has 0 atom stereocenters. The van der Waals surface area contributed by atoms with E-state index in [-0.39, 0.29) is 5.91 Å². The molecule has 1 fully saturated rings. The van der Waals surface area contributed by atoms with Crippen LogP contribution in [-0.2, 0) is 11.3 Å². The third-order valence-corrected chi connectivity index (χ3v) is 3.88. The van der Waals surface area contributed by atoms with E-state index in [1.54, 1.807) is 0 Å². The molecule has 1 amide bonds. The van der Waals surface area contributed by atoms with Gasteiger partial charge in [0.15, 0.2) is 0 Å². The topological polar surface area (TPSA) is 75.6 Å². The summed E-state index contributed by atoms with van der Waals surface area (Å²) in [6, 6.07) is 0. The van der Waals surface area contributed by atoms with Crippen molar-refractivity contribution < 1.29 is 9.32 Å². The third kappa shape index (κ3) is 3.58. The summed E-state index contributed by atoms with van der Waals surface area (Å²) in [4.78, 5) is 16.2. The summed E-state index contributed by atoms with van der Waals surface area (Å²) in [5.41, 5.74) is 7.57. The van der Waals surface area contributed by atoms with Crippen LogP contribution in [0.15, 0.2) is 4.52 Å². The van der Waals surface area contributed by atoms with Crippen molar-refractivity contribution in [2.45, 2.75) is 33.2 Å². The Morgan fingerprint density at radius 1 is 1.30 bits per heavy atom. The van der Waals surface area contributed by atoms with Crippen molar-refractivity contribution in [3.63, 3.8) is 0 Å². The Labute approximate surface area is 119 Å². The Kier molecular flexibility index (Phi) is 5.14. The molecule has 1 aliphatic rings. The zero-order chi connectivity index (χ0) is 14.5. The first-order chi connectivity index (χ1) is 9.61. The van der Waals surface area contributed by atoms with Crippen LogP contribution in [0.3, 0.4) is 0 Å². The molecule has 0 aliphatic carbocycles. The molecule has 0 bridgehead atoms. The van der Waals surface area contributed by atoms with Gasteiger partial charge in [0.25, 0.3) is 0 Å². The lowest BCUT2D eigenvalue weighted by Crippen LogP contribution is -2.48. The monoisotopic (exact) mass is 280 g/mol. The Morgan fingerprint density at radius 3 is 2.55 bits per heavy atom. The van der Waals surface area contributed by atoms with Gasteiger partial charge in [0, 0.05) is 44.7 Å². The summed E-state index contributed by atoms with van der Waals surface area (Å²) >= 11 is 0. The number of rotatable bonds is 5. The predicted molar refractivity (Wildman–Crippen MR) is 76.1 cm³/mol. The van der Waals surface area contributed by atoms with E-state index in [9.17, 15) is 4.79 Å². The normalized spacial score (nSPS) is 16.6. The van der Waals surface area contributed by atoms with E-state index in [1.165, 1.54) is 5.56 Å². The molecule has 112 valence electrons. The first-order valence-electron chi connectivity index (χ1n) is 7.23. The molecule has 0 saturated carbocycles. The van der Waals surface area contributed by atoms with Crippen LogP contribution in [0, 0.1) is 13.8 Å². The van der Waals surface area contributed by atoms with Crippen LogP contribution in [0.25, 0.3) is 0 Å². The van der Waals surface area contributed by atoms with Crippen molar-refractivity contribution in [1.29, 1.82) is 0 Å². The summed E-state index contributed by atoms with van der Waals surface area (Å²) in [7, 11) is 0. The molecule has 6 heteroatoms. The van der Waals surface area contributed by atoms with Crippen molar-refractivity contribution >= 4 is 5.91 Å². The van der Waals surface area contributed by atoms with E-state index in [2.05, 4.69) is 10.1 Å². The molecule has 1 aromatic heterocycles. The number of carbonyl (C=O) groups excluding carboxylic acids is 1. The average Bonchev–Trinajstić information content (AvgIpc) is 2.77. The van der Waals surface area contributed by atoms with Gasteiger partial charge in [0.05, 0.1) is 5.69 Å². The van der Waals surface area contributed by atoms with E-state index < -0.39 is 0 Å². The number of hydrogen-bond acceptors (Lipinski definition) is 5. The first-order valence-corrected chi connectivity index (χ1v) is 7.23. The zero-order valence-corrected chi connectivity index (χ0v) is 12.4. The smallest absolute Gasteiger partial charge is 0.222 e. The van der Waals surface area contributed by atoms with Crippen LogP contribution in [-0.4, -0.2) is 53.6 Å². The van der Waals surface area contributed by atoms with Crippen molar-refractivity contribution in [2.75, 3.05) is 32.7 Å². The highest BCUT2D eigenvalue weighted by atomic mass is 16.5. The van der Waals surface area contributed by atoms with Gasteiger partial charge >= 0.3 is 0 Å². The van der Waals surface area contributed by atoms with Gasteiger partial charge in [-0.3, -0.25) is 9.69 Å². The Hall–Kier alpha value is -1.40. The summed E-state index contributed by atoms with van der Waals surface area (Å²) in [5, 5.41) is 3.98. The van der Waals surface area contributed by atoms with Gasteiger partial charge in [0.1, 0.15) is 5.76 Å². The molecule has 20 heavy (non-hydrogen) atoms. The number of aryl methyl sites for hydroxylation is 2. The van der Waals surface area contributed by atoms with Crippen LogP contribution in [0.4, 0.5) is 0 Å². The minimum Gasteiger partial charge on any atom is -0.361 e. The second kappa shape index (κ2) is 6.85. The van der Waals surface area contributed by atoms with Crippen molar-refractivity contribution in [2.24, 2.45) is 5.73 Å². The van der Waals surface area contributed by atoms with Gasteiger partial charge in [-0.05, 0) is 26.8 Å². The number of nitrogens with zero attached hydrogens (tertiary/aromatic N) is 3. The molecule has 0 radical (unpaired) electrons. The van der Waals surface area contributed by atoms with Gasteiger partial charge in [-0.15, -0.1) is 0 Å². The van der Waals surface area contributed by atoms with Crippen LogP contribution >= 0.6 is 0 Å². The van der Waals surface area contributed by atoms with Crippen molar-refractivity contribution in [3.8, 4) is 0 Å². The van der Waals surface area contributed by atoms with Crippen LogP contribution in [0.2, 0.25) is 0 Å². The maximum atomic E-state index is 11.9. The molecular weight excluding hydrogens is 256 g/mol. The Bertz CT molecular complexity index is 431. The largest absolute Gasteiger partial charge is 0.361 e. The molecule has 2 rings (SSSR count). The summed E-state index contributed by atoms with van der Waals surface area (Å²) < 4.78 is 5.19. The Balaban J connectivity index is 1.81. The lowest BCUT2D eigenvalue weighted by atomic mass is 10.1. The Morgan fingerprint density at radius 2 is 2.00 bits per heavy atom. The molecule has 0 unspecified atom stereocenters. The van der Waals surface area contributed by atoms with E-state index in [0.717, 1.165) is 50.6 Å². The minimum atomic E-state index is 0.229. The maximum absolute atomic E-state index is 11.9. The highest BCUT2D eigenvalue weighted by Gasteiger charge is 2.22. The number of amides is 1. The van der Waals surface area contributed by atoms with Gasteiger partial charge in [-0.25, -0.2) is 0 Å². The molecular formula is C14H24N4O2. The SMILES string of the molecule is Cc1noc(C)c1CN1CCN(C(=O)CCCN)CC1. The van der Waals surface area contributed by atoms with E-state index >= 15 is 0 Å². The van der Waals surface area contributed by atoms with Crippen molar-refractivity contribution in [1.82, 2.24) is 15.0 Å². The van der Waals surface area contributed by atoms with E-state index in [4.69, 9.17) is 10.3 Å². The zero-order valence-electron chi connectivity index (χ0n) is 12.4. The highest BCUT2D eigenvalue weighted by Crippen LogP contribution is 2.16. The number of carbonyl (C=O) groups is 1. The van der Waals surface area contributed by atoms with Crippen LogP contribution in [0.1, 0.15) is 29.9 Å². The lowest BCUT2D eigenvalue weighted by Gasteiger charge is -2.34. The van der Waals surface area contributed by atoms with Crippen LogP contribution < -0.4 is 5.73 Å². The molecule has 0 aromatic carbocycles. The quantitative estimate of drug-likeness (QED) is 0.858. The lowest BCUT2D eigenvalue weighted by molar-refractivity contribution is -0.133. The van der Waals surface area contributed by atoms with Gasteiger partial charge in [0.2, 0.25) is 5.91 Å². The fourth-order valence-electron chi connectivity index (χ4n) is 2.52. The second-order valence-corrected chi connectivity index (χ2v) is 5.35. The fourth-order valence-corrected chi connectivity index (χ4v) is 2.52. The number of nitrogens with two attached hydrogens (primary N) is 1. The maximum Gasteiger partial charge on any atom is 0.222 e. The molecule has 2 heterocycles. The number of hydrogen-bond donors (Lipinski definition) is 1. The van der Waals surface area contributed by atoms with E-state index in [0.29, 0.717) is 13.0 Å². The summed E-state index contributed by atoms with van der Waals surface area (Å²) in [6.07, 6.45) is 1.35. The van der Waals surface area contributed by atoms with Crippen LogP contribution in [0.5, 0.6) is 0 Å². The molecule has 0 spiro atoms. The minimum absolute atomic E-state index is 0.229. The first kappa shape index (κ1) is 15.0. The molecule has 2 N–H and O–H groups in total. The van der Waals surface area contributed by atoms with E-state index in [1.807, 2.05) is 18.7 Å². The number of aromatic nitrogens is 1. The van der Waals surface area contributed by atoms with Gasteiger partial charge < -0.3 is 15.2 Å². The molecule has 1 saturated heterocycles. The van der Waals surface area contributed by atoms with Gasteiger partial charge in [-0.2, -0.15) is 0 Å². The molecule has 1 aliphatic heterocycles. The predicted octanol–water partition coefficient (Wildman–Crippen LogP) is 0.675. The average molecular weight is 280 g/mol.